The Bertz CT molecular complexity index is 872. The molecule has 0 saturated carbocycles. The van der Waals surface area contributed by atoms with Crippen molar-refractivity contribution in [3.8, 4) is 0 Å². The lowest BCUT2D eigenvalue weighted by atomic mass is 9.87. The Kier molecular flexibility index (Phi) is 6.65. The average Bonchev–Trinajstić information content (AvgIpc) is 2.70. The van der Waals surface area contributed by atoms with Crippen LogP contribution in [0.5, 0.6) is 0 Å². The van der Waals surface area contributed by atoms with Crippen molar-refractivity contribution in [2.75, 3.05) is 6.54 Å². The molecule has 1 heterocycles. The summed E-state index contributed by atoms with van der Waals surface area (Å²) in [4.78, 5) is 13.4. The molecule has 0 bridgehead atoms. The number of hydrogen-bond acceptors (Lipinski definition) is 4. The van der Waals surface area contributed by atoms with Gasteiger partial charge in [0.2, 0.25) is 0 Å². The number of nitrogens with one attached hydrogen (secondary N) is 2. The molecule has 0 aromatic rings. The number of likely N-dealkylation sites (tertiary alicyclic amines) is 1. The summed E-state index contributed by atoms with van der Waals surface area (Å²) >= 11 is 0. The number of carbonyl (C=O) groups is 1. The fraction of sp³-hybridized carbons (Fsp3) is 0.348. The number of rotatable bonds is 6. The third-order valence-corrected chi connectivity index (χ3v) is 5.57. The Morgan fingerprint density at radius 1 is 1.07 bits per heavy atom. The maximum Gasteiger partial charge on any atom is 0.122 e. The first-order valence-electron chi connectivity index (χ1n) is 10.0. The fourth-order valence-corrected chi connectivity index (χ4v) is 4.03. The first kappa shape index (κ1) is 20.6. The molecule has 6 heteroatoms. The highest BCUT2D eigenvalue weighted by atomic mass is 16.1. The molecule has 1 saturated heterocycles. The van der Waals surface area contributed by atoms with Gasteiger partial charge in [-0.15, -0.1) is 0 Å². The summed E-state index contributed by atoms with van der Waals surface area (Å²) in [6.45, 7) is 0.878. The summed E-state index contributed by atoms with van der Waals surface area (Å²) in [5.74, 6) is 0.532. The summed E-state index contributed by atoms with van der Waals surface area (Å²) in [6.07, 6.45) is 21.3. The lowest BCUT2D eigenvalue weighted by Crippen LogP contribution is -2.38. The van der Waals surface area contributed by atoms with Gasteiger partial charge in [0.25, 0.3) is 0 Å². The number of allylic oxidation sites excluding steroid dienone is 6. The van der Waals surface area contributed by atoms with Crippen LogP contribution in [0.1, 0.15) is 32.1 Å². The van der Waals surface area contributed by atoms with Crippen LogP contribution in [0.2, 0.25) is 0 Å². The van der Waals surface area contributed by atoms with Crippen molar-refractivity contribution in [2.24, 2.45) is 17.4 Å². The standard InChI is InChI=1S/C23H29N5O/c24-22(25)19-5-1-3-17(11-19)14-21-13-16(8-10-29)7-9-28(21)15-18-4-2-6-20(12-18)23(26)27/h1-2,5-6,10-12,14-16,21H,3-4,7-9,13H2,(H3,24,25)(H3,26,27)/b17-14-,18-15+. The van der Waals surface area contributed by atoms with Crippen LogP contribution in [-0.2, 0) is 4.79 Å². The van der Waals surface area contributed by atoms with E-state index in [-0.39, 0.29) is 17.7 Å². The molecule has 0 aromatic heterocycles. The van der Waals surface area contributed by atoms with E-state index in [9.17, 15) is 4.79 Å². The Balaban J connectivity index is 1.86. The molecule has 29 heavy (non-hydrogen) atoms. The molecule has 152 valence electrons. The second-order valence-electron chi connectivity index (χ2n) is 7.78. The molecular weight excluding hydrogens is 362 g/mol. The minimum Gasteiger partial charge on any atom is -0.384 e. The highest BCUT2D eigenvalue weighted by Gasteiger charge is 2.26. The van der Waals surface area contributed by atoms with Gasteiger partial charge in [0.05, 0.1) is 0 Å². The van der Waals surface area contributed by atoms with E-state index in [0.29, 0.717) is 12.3 Å². The van der Waals surface area contributed by atoms with Crippen molar-refractivity contribution in [3.63, 3.8) is 0 Å². The monoisotopic (exact) mass is 391 g/mol. The molecule has 1 fully saturated rings. The number of hydrogen-bond donors (Lipinski definition) is 4. The van der Waals surface area contributed by atoms with E-state index in [2.05, 4.69) is 17.2 Å². The van der Waals surface area contributed by atoms with Crippen LogP contribution in [0.15, 0.2) is 71.0 Å². The molecule has 0 amide bonds. The number of nitrogens with zero attached hydrogens (tertiary/aromatic N) is 1. The quantitative estimate of drug-likeness (QED) is 0.316. The van der Waals surface area contributed by atoms with Gasteiger partial charge in [-0.1, -0.05) is 30.4 Å². The van der Waals surface area contributed by atoms with E-state index >= 15 is 0 Å². The van der Waals surface area contributed by atoms with E-state index in [4.69, 9.17) is 22.3 Å². The van der Waals surface area contributed by atoms with Crippen molar-refractivity contribution in [1.82, 2.24) is 4.90 Å². The SMILES string of the molecule is N=C(N)C1=C/C(=C\C2CC(CC=O)CCN2/C=C2/C=C(C(=N)N)C=CC2)CC=C1. The zero-order chi connectivity index (χ0) is 20.8. The van der Waals surface area contributed by atoms with E-state index in [1.807, 2.05) is 36.5 Å². The molecule has 3 aliphatic rings. The van der Waals surface area contributed by atoms with Gasteiger partial charge in [0.1, 0.15) is 18.0 Å². The van der Waals surface area contributed by atoms with Crippen LogP contribution >= 0.6 is 0 Å². The number of amidine groups is 2. The summed E-state index contributed by atoms with van der Waals surface area (Å²) in [5.41, 5.74) is 15.0. The first-order valence-corrected chi connectivity index (χ1v) is 10.0. The molecular formula is C23H29N5O. The predicted octanol–water partition coefficient (Wildman–Crippen LogP) is 3.11. The highest BCUT2D eigenvalue weighted by Crippen LogP contribution is 2.30. The lowest BCUT2D eigenvalue weighted by molar-refractivity contribution is -0.108. The molecule has 1 aliphatic heterocycles. The molecule has 0 spiro atoms. The predicted molar refractivity (Wildman–Crippen MR) is 118 cm³/mol. The third-order valence-electron chi connectivity index (χ3n) is 5.57. The van der Waals surface area contributed by atoms with Crippen LogP contribution in [0, 0.1) is 16.7 Å². The Hall–Kier alpha value is -3.15. The van der Waals surface area contributed by atoms with E-state index in [1.165, 1.54) is 0 Å². The van der Waals surface area contributed by atoms with E-state index in [0.717, 1.165) is 60.8 Å². The van der Waals surface area contributed by atoms with Gasteiger partial charge in [-0.3, -0.25) is 10.8 Å². The second-order valence-corrected chi connectivity index (χ2v) is 7.78. The van der Waals surface area contributed by atoms with Crippen LogP contribution in [0.3, 0.4) is 0 Å². The van der Waals surface area contributed by atoms with Gasteiger partial charge in [0.15, 0.2) is 0 Å². The zero-order valence-corrected chi connectivity index (χ0v) is 16.6. The molecule has 6 nitrogen and oxygen atoms in total. The van der Waals surface area contributed by atoms with Crippen LogP contribution in [-0.4, -0.2) is 35.4 Å². The van der Waals surface area contributed by atoms with Gasteiger partial charge in [-0.05, 0) is 54.9 Å². The Morgan fingerprint density at radius 2 is 1.69 bits per heavy atom. The highest BCUT2D eigenvalue weighted by molar-refractivity contribution is 5.98. The van der Waals surface area contributed by atoms with Gasteiger partial charge in [0, 0.05) is 36.4 Å². The Labute approximate surface area is 172 Å². The molecule has 6 N–H and O–H groups in total. The second kappa shape index (κ2) is 9.37. The number of aldehydes is 1. The average molecular weight is 392 g/mol. The van der Waals surface area contributed by atoms with Crippen molar-refractivity contribution < 1.29 is 4.79 Å². The van der Waals surface area contributed by atoms with Gasteiger partial charge < -0.3 is 21.2 Å². The number of carbonyl (C=O) groups excluding carboxylic acids is 1. The van der Waals surface area contributed by atoms with E-state index < -0.39 is 0 Å². The molecule has 2 unspecified atom stereocenters. The number of piperidine rings is 1. The van der Waals surface area contributed by atoms with Crippen molar-refractivity contribution in [1.29, 1.82) is 10.8 Å². The normalized spacial score (nSPS) is 27.0. The van der Waals surface area contributed by atoms with Crippen molar-refractivity contribution >= 4 is 18.0 Å². The maximum absolute atomic E-state index is 11.0. The summed E-state index contributed by atoms with van der Waals surface area (Å²) < 4.78 is 0. The van der Waals surface area contributed by atoms with Crippen LogP contribution < -0.4 is 11.5 Å². The zero-order valence-electron chi connectivity index (χ0n) is 16.6. The van der Waals surface area contributed by atoms with Gasteiger partial charge in [-0.25, -0.2) is 0 Å². The minimum atomic E-state index is 0.0733. The molecule has 2 atom stereocenters. The lowest BCUT2D eigenvalue weighted by Gasteiger charge is -2.38. The van der Waals surface area contributed by atoms with Gasteiger partial charge >= 0.3 is 0 Å². The first-order chi connectivity index (χ1) is 14.0. The van der Waals surface area contributed by atoms with Crippen LogP contribution in [0.4, 0.5) is 0 Å². The minimum absolute atomic E-state index is 0.0733. The molecule has 0 radical (unpaired) electrons. The third kappa shape index (κ3) is 5.44. The summed E-state index contributed by atoms with van der Waals surface area (Å²) in [6, 6.07) is 0.173. The summed E-state index contributed by atoms with van der Waals surface area (Å²) in [7, 11) is 0. The molecule has 0 aromatic carbocycles. The van der Waals surface area contributed by atoms with E-state index in [1.54, 1.807) is 0 Å². The maximum atomic E-state index is 11.0. The van der Waals surface area contributed by atoms with Gasteiger partial charge in [-0.2, -0.15) is 0 Å². The van der Waals surface area contributed by atoms with Crippen molar-refractivity contribution in [2.45, 2.75) is 38.1 Å². The summed E-state index contributed by atoms with van der Waals surface area (Å²) in [5, 5.41) is 15.3. The smallest absolute Gasteiger partial charge is 0.122 e. The largest absolute Gasteiger partial charge is 0.384 e. The van der Waals surface area contributed by atoms with Crippen LogP contribution in [0.25, 0.3) is 0 Å². The number of nitrogens with two attached hydrogens (primary N) is 2. The Morgan fingerprint density at radius 3 is 2.31 bits per heavy atom. The fourth-order valence-electron chi connectivity index (χ4n) is 4.03. The topological polar surface area (TPSA) is 120 Å². The molecule has 3 rings (SSSR count). The molecule has 2 aliphatic carbocycles. The van der Waals surface area contributed by atoms with Crippen molar-refractivity contribution in [3.05, 3.63) is 71.0 Å².